The van der Waals surface area contributed by atoms with E-state index in [0.29, 0.717) is 11.3 Å². The quantitative estimate of drug-likeness (QED) is 0.671. The first-order valence-electron chi connectivity index (χ1n) is 8.99. The number of nitrogens with one attached hydrogen (secondary N) is 1. The molecule has 0 unspecified atom stereocenters. The van der Waals surface area contributed by atoms with Gasteiger partial charge in [0.25, 0.3) is 15.9 Å². The molecule has 0 bridgehead atoms. The Morgan fingerprint density at radius 1 is 0.893 bits per heavy atom. The van der Waals surface area contributed by atoms with E-state index in [1.54, 1.807) is 61.5 Å². The van der Waals surface area contributed by atoms with Gasteiger partial charge in [0.2, 0.25) is 0 Å². The van der Waals surface area contributed by atoms with Crippen LogP contribution >= 0.6 is 0 Å². The minimum atomic E-state index is -3.85. The summed E-state index contributed by atoms with van der Waals surface area (Å²) in [6, 6.07) is 22.5. The number of nitrogens with zero attached hydrogens (tertiary/aromatic N) is 1. The second-order valence-electron chi connectivity index (χ2n) is 6.27. The highest BCUT2D eigenvalue weighted by molar-refractivity contribution is 7.93. The molecular weight excluding hydrogens is 372 g/mol. The number of hydrogen-bond acceptors (Lipinski definition) is 3. The minimum absolute atomic E-state index is 0.0580. The predicted octanol–water partition coefficient (Wildman–Crippen LogP) is 4.46. The Hall–Kier alpha value is -3.12. The van der Waals surface area contributed by atoms with Crippen molar-refractivity contribution in [1.82, 2.24) is 0 Å². The van der Waals surface area contributed by atoms with Crippen molar-refractivity contribution < 1.29 is 13.2 Å². The Morgan fingerprint density at radius 2 is 1.50 bits per heavy atom. The summed E-state index contributed by atoms with van der Waals surface area (Å²) < 4.78 is 28.0. The second kappa shape index (κ2) is 8.27. The van der Waals surface area contributed by atoms with Crippen LogP contribution in [0.15, 0.2) is 83.8 Å². The van der Waals surface area contributed by atoms with Gasteiger partial charge in [-0.1, -0.05) is 48.5 Å². The number of carbonyl (C=O) groups excluding carboxylic acids is 1. The molecule has 3 aromatic carbocycles. The van der Waals surface area contributed by atoms with E-state index in [2.05, 4.69) is 5.32 Å². The molecule has 3 rings (SSSR count). The van der Waals surface area contributed by atoms with Gasteiger partial charge in [-0.2, -0.15) is 0 Å². The van der Waals surface area contributed by atoms with E-state index in [9.17, 15) is 13.2 Å². The third-order valence-electron chi connectivity index (χ3n) is 4.42. The van der Waals surface area contributed by atoms with Crippen molar-refractivity contribution in [3.63, 3.8) is 0 Å². The smallest absolute Gasteiger partial charge is 0.266 e. The van der Waals surface area contributed by atoms with Crippen LogP contribution in [0.4, 0.5) is 11.4 Å². The van der Waals surface area contributed by atoms with Crippen LogP contribution in [-0.2, 0) is 10.0 Å². The lowest BCUT2D eigenvalue weighted by Crippen LogP contribution is -2.31. The van der Waals surface area contributed by atoms with Crippen LogP contribution in [0.1, 0.15) is 22.8 Å². The number of rotatable bonds is 6. The Balaban J connectivity index is 2.00. The van der Waals surface area contributed by atoms with E-state index in [-0.39, 0.29) is 23.0 Å². The van der Waals surface area contributed by atoms with E-state index in [1.165, 1.54) is 10.4 Å². The van der Waals surface area contributed by atoms with Gasteiger partial charge in [0, 0.05) is 12.1 Å². The number of para-hydroxylation sites is 2. The number of sulfonamides is 1. The molecule has 0 fully saturated rings. The van der Waals surface area contributed by atoms with Gasteiger partial charge in [-0.3, -0.25) is 9.10 Å². The number of hydrogen-bond donors (Lipinski definition) is 1. The normalized spacial score (nSPS) is 11.1. The van der Waals surface area contributed by atoms with Crippen molar-refractivity contribution in [2.24, 2.45) is 0 Å². The van der Waals surface area contributed by atoms with Gasteiger partial charge in [0.15, 0.2) is 0 Å². The molecule has 3 aromatic rings. The molecule has 1 N–H and O–H groups in total. The van der Waals surface area contributed by atoms with Gasteiger partial charge in [0.05, 0.1) is 11.4 Å². The maximum Gasteiger partial charge on any atom is 0.266 e. The van der Waals surface area contributed by atoms with E-state index in [1.807, 2.05) is 25.1 Å². The summed E-state index contributed by atoms with van der Waals surface area (Å²) in [4.78, 5) is 12.8. The van der Waals surface area contributed by atoms with Crippen LogP contribution in [-0.4, -0.2) is 20.9 Å². The van der Waals surface area contributed by atoms with Crippen molar-refractivity contribution >= 4 is 27.3 Å². The van der Waals surface area contributed by atoms with Crippen LogP contribution in [0, 0.1) is 6.92 Å². The molecule has 0 aliphatic rings. The molecule has 6 heteroatoms. The van der Waals surface area contributed by atoms with Crippen molar-refractivity contribution in [2.75, 3.05) is 16.2 Å². The Bertz CT molecular complexity index is 1080. The molecule has 0 spiro atoms. The summed E-state index contributed by atoms with van der Waals surface area (Å²) in [7, 11) is -3.85. The van der Waals surface area contributed by atoms with Crippen LogP contribution < -0.4 is 9.62 Å². The average molecular weight is 394 g/mol. The molecular formula is C22H22N2O3S. The zero-order valence-corrected chi connectivity index (χ0v) is 16.6. The zero-order chi connectivity index (χ0) is 20.1. The summed E-state index contributed by atoms with van der Waals surface area (Å²) >= 11 is 0. The fourth-order valence-electron chi connectivity index (χ4n) is 3.02. The number of anilines is 2. The molecule has 28 heavy (non-hydrogen) atoms. The molecule has 1 amide bonds. The van der Waals surface area contributed by atoms with Crippen molar-refractivity contribution in [2.45, 2.75) is 18.7 Å². The van der Waals surface area contributed by atoms with Crippen LogP contribution in [0.25, 0.3) is 0 Å². The van der Waals surface area contributed by atoms with Crippen LogP contribution in [0.5, 0.6) is 0 Å². The van der Waals surface area contributed by atoms with Gasteiger partial charge in [-0.25, -0.2) is 8.42 Å². The maximum absolute atomic E-state index is 13.3. The number of benzene rings is 3. The van der Waals surface area contributed by atoms with Crippen molar-refractivity contribution in [3.05, 3.63) is 90.0 Å². The molecule has 0 aliphatic carbocycles. The minimum Gasteiger partial charge on any atom is -0.321 e. The van der Waals surface area contributed by atoms with Gasteiger partial charge < -0.3 is 5.32 Å². The van der Waals surface area contributed by atoms with E-state index < -0.39 is 10.0 Å². The summed E-state index contributed by atoms with van der Waals surface area (Å²) in [5.74, 6) is -0.344. The van der Waals surface area contributed by atoms with Gasteiger partial charge >= 0.3 is 0 Å². The largest absolute Gasteiger partial charge is 0.321 e. The van der Waals surface area contributed by atoms with E-state index >= 15 is 0 Å². The van der Waals surface area contributed by atoms with Crippen molar-refractivity contribution in [1.29, 1.82) is 0 Å². The third-order valence-corrected chi connectivity index (χ3v) is 6.39. The molecule has 0 heterocycles. The lowest BCUT2D eigenvalue weighted by Gasteiger charge is -2.24. The third kappa shape index (κ3) is 3.92. The summed E-state index contributed by atoms with van der Waals surface area (Å²) in [5, 5.41) is 2.76. The standard InChI is InChI=1S/C22H22N2O3S/c1-3-24(18-12-5-4-6-13-18)28(26,27)21-16-10-9-15-20(21)23-22(25)19-14-8-7-11-17(19)2/h4-16H,3H2,1-2H3,(H,23,25). The topological polar surface area (TPSA) is 66.5 Å². The van der Waals surface area contributed by atoms with Gasteiger partial charge in [-0.15, -0.1) is 0 Å². The first-order chi connectivity index (χ1) is 13.4. The Morgan fingerprint density at radius 3 is 2.18 bits per heavy atom. The van der Waals surface area contributed by atoms with Crippen molar-refractivity contribution in [3.8, 4) is 0 Å². The van der Waals surface area contributed by atoms with Gasteiger partial charge in [0.1, 0.15) is 4.90 Å². The van der Waals surface area contributed by atoms with E-state index in [4.69, 9.17) is 0 Å². The molecule has 144 valence electrons. The molecule has 0 aliphatic heterocycles. The number of aryl methyl sites for hydroxylation is 1. The average Bonchev–Trinajstić information content (AvgIpc) is 2.70. The molecule has 0 atom stereocenters. The van der Waals surface area contributed by atoms with Crippen LogP contribution in [0.3, 0.4) is 0 Å². The summed E-state index contributed by atoms with van der Waals surface area (Å²) in [6.45, 7) is 3.89. The first kappa shape index (κ1) is 19.6. The van der Waals surface area contributed by atoms with Gasteiger partial charge in [-0.05, 0) is 49.7 Å². The molecule has 0 saturated heterocycles. The lowest BCUT2D eigenvalue weighted by molar-refractivity contribution is 0.102. The second-order valence-corrected chi connectivity index (χ2v) is 8.10. The molecule has 0 aromatic heterocycles. The highest BCUT2D eigenvalue weighted by Crippen LogP contribution is 2.28. The molecule has 5 nitrogen and oxygen atoms in total. The van der Waals surface area contributed by atoms with Crippen LogP contribution in [0.2, 0.25) is 0 Å². The fourth-order valence-corrected chi connectivity index (χ4v) is 4.64. The highest BCUT2D eigenvalue weighted by Gasteiger charge is 2.27. The Kier molecular flexibility index (Phi) is 5.80. The Labute approximate surface area is 165 Å². The summed E-state index contributed by atoms with van der Waals surface area (Å²) in [5.41, 5.74) is 2.15. The van der Waals surface area contributed by atoms with E-state index in [0.717, 1.165) is 5.56 Å². The fraction of sp³-hybridized carbons (Fsp3) is 0.136. The monoisotopic (exact) mass is 394 g/mol. The number of amides is 1. The lowest BCUT2D eigenvalue weighted by atomic mass is 10.1. The maximum atomic E-state index is 13.3. The zero-order valence-electron chi connectivity index (χ0n) is 15.8. The number of carbonyl (C=O) groups is 1. The predicted molar refractivity (Wildman–Crippen MR) is 112 cm³/mol. The molecule has 0 radical (unpaired) electrons. The SMILES string of the molecule is CCN(c1ccccc1)S(=O)(=O)c1ccccc1NC(=O)c1ccccc1C. The highest BCUT2D eigenvalue weighted by atomic mass is 32.2. The summed E-state index contributed by atoms with van der Waals surface area (Å²) in [6.07, 6.45) is 0. The molecule has 0 saturated carbocycles. The first-order valence-corrected chi connectivity index (χ1v) is 10.4.